The molecule has 0 unspecified atom stereocenters. The minimum atomic E-state index is -3.93. The van der Waals surface area contributed by atoms with Crippen LogP contribution >= 0.6 is 0 Å². The first kappa shape index (κ1) is 45.8. The molecule has 330 valence electrons. The monoisotopic (exact) mass is 916 g/mol. The van der Waals surface area contributed by atoms with Gasteiger partial charge < -0.3 is 30.3 Å². The van der Waals surface area contributed by atoms with Crippen molar-refractivity contribution in [2.24, 2.45) is 0 Å². The predicted molar refractivity (Wildman–Crippen MR) is 248 cm³/mol. The van der Waals surface area contributed by atoms with Crippen molar-refractivity contribution < 1.29 is 49.5 Å². The quantitative estimate of drug-likeness (QED) is 0.0537. The number of fused-ring (bicyclic) bond motifs is 4. The molecule has 8 rings (SSSR count). The lowest BCUT2D eigenvalue weighted by Gasteiger charge is -2.20. The third kappa shape index (κ3) is 11.4. The van der Waals surface area contributed by atoms with Crippen LogP contribution in [0.4, 0.5) is 34.1 Å². The molecule has 20 heteroatoms. The molecule has 1 aliphatic heterocycles. The molecular weight excluding hydrogens is 873 g/mol. The Balaban J connectivity index is 0.00000104. The lowest BCUT2D eigenvalue weighted by Crippen LogP contribution is -2.22. The molecule has 0 bridgehead atoms. The van der Waals surface area contributed by atoms with Crippen molar-refractivity contribution >= 4 is 97.0 Å². The van der Waals surface area contributed by atoms with Crippen molar-refractivity contribution in [2.45, 2.75) is 12.8 Å². The summed E-state index contributed by atoms with van der Waals surface area (Å²) in [6, 6.07) is 33.1. The largest absolute Gasteiger partial charge is 0.494 e. The molecule has 0 saturated carbocycles. The highest BCUT2D eigenvalue weighted by atomic mass is 32.2. The van der Waals surface area contributed by atoms with Crippen LogP contribution in [0.2, 0.25) is 0 Å². The normalized spacial score (nSPS) is 12.3. The lowest BCUT2D eigenvalue weighted by molar-refractivity contribution is 0.417. The summed E-state index contributed by atoms with van der Waals surface area (Å²) < 4.78 is 101. The summed E-state index contributed by atoms with van der Waals surface area (Å²) in [5, 5.41) is 9.56. The number of rotatable bonds is 14. The van der Waals surface area contributed by atoms with Crippen molar-refractivity contribution in [3.05, 3.63) is 127 Å². The Labute approximate surface area is 364 Å². The third-order valence-electron chi connectivity index (χ3n) is 9.39. The van der Waals surface area contributed by atoms with E-state index in [1.165, 1.54) is 14.2 Å². The van der Waals surface area contributed by atoms with E-state index in [1.807, 2.05) is 78.9 Å². The first-order chi connectivity index (χ1) is 29.6. The molecule has 0 spiro atoms. The average Bonchev–Trinajstić information content (AvgIpc) is 3.23. The molecule has 1 aliphatic rings. The molecule has 7 N–H and O–H groups in total. The first-order valence-electron chi connectivity index (χ1n) is 18.9. The number of hydrogen-bond acceptors (Lipinski definition) is 13. The molecule has 0 saturated heterocycles. The van der Waals surface area contributed by atoms with Gasteiger partial charge in [0.15, 0.2) is 5.75 Å². The van der Waals surface area contributed by atoms with Gasteiger partial charge in [0, 0.05) is 34.7 Å². The maximum Gasteiger partial charge on any atom is 0.261 e. The maximum absolute atomic E-state index is 13.1. The molecular formula is C43H44N6O11S3. The Morgan fingerprint density at radius 3 is 1.54 bits per heavy atom. The van der Waals surface area contributed by atoms with Gasteiger partial charge in [0.05, 0.1) is 94.6 Å². The Kier molecular flexibility index (Phi) is 13.9. The van der Waals surface area contributed by atoms with Crippen LogP contribution < -0.4 is 34.3 Å². The number of ether oxygens (including phenoxy) is 3. The Morgan fingerprint density at radius 1 is 0.635 bits per heavy atom. The van der Waals surface area contributed by atoms with E-state index in [1.54, 1.807) is 42.7 Å². The second-order valence-corrected chi connectivity index (χ2v) is 19.2. The van der Waals surface area contributed by atoms with Crippen LogP contribution in [-0.2, 0) is 36.6 Å². The van der Waals surface area contributed by atoms with Crippen LogP contribution in [0.3, 0.4) is 0 Å². The van der Waals surface area contributed by atoms with E-state index >= 15 is 0 Å². The number of para-hydroxylation sites is 3. The predicted octanol–water partition coefficient (Wildman–Crippen LogP) is 7.14. The zero-order chi connectivity index (χ0) is 44.1. The maximum atomic E-state index is 13.1. The number of anilines is 6. The SMILES string of the molecule is COc1cc(NS(=O)(=O)CCCS(=O)(=O)Nc2ccc(Nc3c4ccccc4nc4ccccc34)c(OC)c2)ccc1Nc1c2c(nc3ccccc13)CC=CO2.CS(=O)(=O)O.O. The number of aromatic nitrogens is 2. The molecule has 63 heavy (non-hydrogen) atoms. The van der Waals surface area contributed by atoms with Crippen molar-refractivity contribution in [2.75, 3.05) is 52.1 Å². The number of allylic oxidation sites excluding steroid dienone is 1. The fourth-order valence-corrected chi connectivity index (χ4v) is 9.18. The summed E-state index contributed by atoms with van der Waals surface area (Å²) in [7, 11) is -8.54. The summed E-state index contributed by atoms with van der Waals surface area (Å²) >= 11 is 0. The number of methoxy groups -OCH3 is 2. The van der Waals surface area contributed by atoms with Gasteiger partial charge in [0.2, 0.25) is 20.0 Å². The van der Waals surface area contributed by atoms with Crippen LogP contribution in [0, 0.1) is 0 Å². The van der Waals surface area contributed by atoms with Crippen molar-refractivity contribution in [1.82, 2.24) is 9.97 Å². The van der Waals surface area contributed by atoms with Crippen molar-refractivity contribution in [3.8, 4) is 17.2 Å². The highest BCUT2D eigenvalue weighted by Crippen LogP contribution is 2.42. The number of benzene rings is 5. The average molecular weight is 917 g/mol. The van der Waals surface area contributed by atoms with Gasteiger partial charge in [-0.15, -0.1) is 0 Å². The second kappa shape index (κ2) is 19.1. The second-order valence-electron chi connectivity index (χ2n) is 14.0. The number of nitrogens with one attached hydrogen (secondary N) is 4. The minimum Gasteiger partial charge on any atom is -0.494 e. The van der Waals surface area contributed by atoms with Crippen LogP contribution in [0.5, 0.6) is 17.2 Å². The molecule has 0 amide bonds. The number of pyridine rings is 2. The highest BCUT2D eigenvalue weighted by Gasteiger charge is 2.21. The van der Waals surface area contributed by atoms with E-state index in [4.69, 9.17) is 28.7 Å². The standard InChI is InChI=1S/C42H38N6O7S2.CH4O3S.H2O/c1-53-38-25-27(18-20-35(38)45-40-29-11-3-6-14-32(29)43-33-15-7-4-12-30(33)40)47-56(49,50)23-10-24-57(51,52)48-28-19-21-36(39(26-28)54-2)46-41-31-13-5-8-16-34(31)44-37-17-9-22-55-42(37)41;1-5(2,3)4;/h3-9,11-16,18-22,25-26,47-48H,10,17,23-24H2,1-2H3,(H,43,45)(H,44,46);1H3,(H,2,3,4);1H2. The smallest absolute Gasteiger partial charge is 0.261 e. The zero-order valence-corrected chi connectivity index (χ0v) is 36.6. The molecule has 3 heterocycles. The molecule has 2 aromatic heterocycles. The van der Waals surface area contributed by atoms with Crippen LogP contribution in [-0.4, -0.2) is 77.2 Å². The van der Waals surface area contributed by atoms with Crippen LogP contribution in [0.15, 0.2) is 122 Å². The molecule has 0 fully saturated rings. The first-order valence-corrected chi connectivity index (χ1v) is 24.1. The number of nitrogens with zero attached hydrogens (tertiary/aromatic N) is 2. The van der Waals surface area contributed by atoms with E-state index in [-0.39, 0.29) is 23.3 Å². The van der Waals surface area contributed by atoms with Crippen LogP contribution in [0.25, 0.3) is 32.7 Å². The molecule has 0 atom stereocenters. The summed E-state index contributed by atoms with van der Waals surface area (Å²) in [6.45, 7) is 0. The molecule has 0 aliphatic carbocycles. The summed E-state index contributed by atoms with van der Waals surface area (Å²) in [5.41, 5.74) is 6.51. The molecule has 7 aromatic rings. The van der Waals surface area contributed by atoms with Gasteiger partial charge in [-0.3, -0.25) is 14.0 Å². The zero-order valence-electron chi connectivity index (χ0n) is 34.1. The fourth-order valence-electron chi connectivity index (χ4n) is 6.77. The topological polar surface area (TPSA) is 256 Å². The molecule has 5 aromatic carbocycles. The Bertz CT molecular complexity index is 3120. The van der Waals surface area contributed by atoms with Gasteiger partial charge >= 0.3 is 0 Å². The van der Waals surface area contributed by atoms with Gasteiger partial charge in [-0.05, 0) is 55.0 Å². The van der Waals surface area contributed by atoms with Gasteiger partial charge in [0.25, 0.3) is 10.1 Å². The summed E-state index contributed by atoms with van der Waals surface area (Å²) in [5.74, 6) is 0.517. The van der Waals surface area contributed by atoms with Gasteiger partial charge in [-0.2, -0.15) is 8.42 Å². The number of sulfonamides is 2. The summed E-state index contributed by atoms with van der Waals surface area (Å²) in [6.07, 6.45) is 4.69. The third-order valence-corrected chi connectivity index (χ3v) is 12.1. The lowest BCUT2D eigenvalue weighted by atomic mass is 10.1. The minimum absolute atomic E-state index is 0. The van der Waals surface area contributed by atoms with Gasteiger partial charge in [-0.25, -0.2) is 26.8 Å². The summed E-state index contributed by atoms with van der Waals surface area (Å²) in [4.78, 5) is 9.51. The van der Waals surface area contributed by atoms with E-state index in [0.717, 1.165) is 44.1 Å². The number of hydrogen-bond donors (Lipinski definition) is 5. The van der Waals surface area contributed by atoms with E-state index in [2.05, 4.69) is 20.1 Å². The fraction of sp³-hybridized carbons (Fsp3) is 0.163. The molecule has 17 nitrogen and oxygen atoms in total. The van der Waals surface area contributed by atoms with Crippen LogP contribution in [0.1, 0.15) is 12.1 Å². The van der Waals surface area contributed by atoms with E-state index in [0.29, 0.717) is 47.0 Å². The molecule has 0 radical (unpaired) electrons. The Hall–Kier alpha value is -6.71. The van der Waals surface area contributed by atoms with Gasteiger partial charge in [-0.1, -0.05) is 54.6 Å². The highest BCUT2D eigenvalue weighted by molar-refractivity contribution is 7.93. The van der Waals surface area contributed by atoms with E-state index < -0.39 is 41.7 Å². The van der Waals surface area contributed by atoms with E-state index in [9.17, 15) is 25.3 Å². The van der Waals surface area contributed by atoms with Crippen molar-refractivity contribution in [1.29, 1.82) is 0 Å². The Morgan fingerprint density at radius 2 is 1.06 bits per heavy atom. The van der Waals surface area contributed by atoms with Crippen molar-refractivity contribution in [3.63, 3.8) is 0 Å². The van der Waals surface area contributed by atoms with Gasteiger partial charge in [0.1, 0.15) is 11.5 Å².